The summed E-state index contributed by atoms with van der Waals surface area (Å²) in [4.78, 5) is 23.0. The van der Waals surface area contributed by atoms with Gasteiger partial charge < -0.3 is 20.8 Å². The molecule has 0 heterocycles. The minimum absolute atomic E-state index is 0.0584. The van der Waals surface area contributed by atoms with Crippen molar-refractivity contribution in [1.29, 1.82) is 0 Å². The third kappa shape index (κ3) is 6.76. The average molecular weight is 294 g/mol. The maximum atomic E-state index is 11.8. The van der Waals surface area contributed by atoms with Crippen LogP contribution in [-0.4, -0.2) is 40.2 Å². The molecule has 1 atom stereocenters. The molecule has 0 unspecified atom stereocenters. The smallest absolute Gasteiger partial charge is 0.326 e. The van der Waals surface area contributed by atoms with Gasteiger partial charge in [0.1, 0.15) is 11.8 Å². The summed E-state index contributed by atoms with van der Waals surface area (Å²) in [5.74, 6) is -1.34. The number of nitrogens with one attached hydrogen (secondary N) is 2. The van der Waals surface area contributed by atoms with E-state index >= 15 is 0 Å². The Hall–Kier alpha value is -2.08. The van der Waals surface area contributed by atoms with Gasteiger partial charge in [0.05, 0.1) is 6.54 Å². The van der Waals surface area contributed by atoms with Gasteiger partial charge in [-0.15, -0.1) is 0 Å². The van der Waals surface area contributed by atoms with Gasteiger partial charge in [0.15, 0.2) is 0 Å². The SMILES string of the molecule is CC(C)(C)NCC(=O)N[C@H](Cc1ccc(O)cc1)C(=O)O. The van der Waals surface area contributed by atoms with Gasteiger partial charge in [0.25, 0.3) is 0 Å². The number of rotatable bonds is 6. The highest BCUT2D eigenvalue weighted by atomic mass is 16.4. The predicted molar refractivity (Wildman–Crippen MR) is 79.1 cm³/mol. The molecular formula is C15H22N2O4. The molecule has 0 spiro atoms. The highest BCUT2D eigenvalue weighted by Crippen LogP contribution is 2.11. The lowest BCUT2D eigenvalue weighted by atomic mass is 10.1. The summed E-state index contributed by atoms with van der Waals surface area (Å²) in [5, 5.41) is 23.9. The third-order valence-electron chi connectivity index (χ3n) is 2.79. The van der Waals surface area contributed by atoms with Crippen LogP contribution in [0.4, 0.5) is 0 Å². The summed E-state index contributed by atoms with van der Waals surface area (Å²) in [5.41, 5.74) is 0.511. The van der Waals surface area contributed by atoms with Crippen molar-refractivity contribution in [2.24, 2.45) is 0 Å². The Morgan fingerprint density at radius 1 is 1.19 bits per heavy atom. The van der Waals surface area contributed by atoms with Crippen molar-refractivity contribution in [3.8, 4) is 5.75 Å². The fourth-order valence-electron chi connectivity index (χ4n) is 1.66. The summed E-state index contributed by atoms with van der Waals surface area (Å²) < 4.78 is 0. The van der Waals surface area contributed by atoms with E-state index in [1.54, 1.807) is 12.1 Å². The molecule has 21 heavy (non-hydrogen) atoms. The number of amides is 1. The van der Waals surface area contributed by atoms with Crippen molar-refractivity contribution in [1.82, 2.24) is 10.6 Å². The molecule has 0 aliphatic carbocycles. The van der Waals surface area contributed by atoms with Crippen LogP contribution in [0.2, 0.25) is 0 Å². The topological polar surface area (TPSA) is 98.7 Å². The molecule has 116 valence electrons. The first-order chi connectivity index (χ1) is 9.67. The molecule has 1 amide bonds. The van der Waals surface area contributed by atoms with Gasteiger partial charge in [-0.2, -0.15) is 0 Å². The lowest BCUT2D eigenvalue weighted by Crippen LogP contribution is -2.48. The molecule has 1 rings (SSSR count). The molecule has 4 N–H and O–H groups in total. The largest absolute Gasteiger partial charge is 0.508 e. The molecule has 0 bridgehead atoms. The maximum absolute atomic E-state index is 11.8. The molecule has 0 radical (unpaired) electrons. The zero-order valence-electron chi connectivity index (χ0n) is 12.5. The highest BCUT2D eigenvalue weighted by molar-refractivity contribution is 5.84. The number of carbonyl (C=O) groups excluding carboxylic acids is 1. The Balaban J connectivity index is 2.59. The molecule has 0 aliphatic rings. The summed E-state index contributed by atoms with van der Waals surface area (Å²) in [6, 6.07) is 5.23. The summed E-state index contributed by atoms with van der Waals surface area (Å²) in [6.45, 7) is 5.82. The fourth-order valence-corrected chi connectivity index (χ4v) is 1.66. The maximum Gasteiger partial charge on any atom is 0.326 e. The molecule has 0 saturated carbocycles. The van der Waals surface area contributed by atoms with E-state index in [-0.39, 0.29) is 30.2 Å². The molecule has 0 aromatic heterocycles. The number of phenols is 1. The first kappa shape index (κ1) is 17.0. The van der Waals surface area contributed by atoms with E-state index in [9.17, 15) is 19.8 Å². The van der Waals surface area contributed by atoms with Gasteiger partial charge in [0, 0.05) is 12.0 Å². The molecular weight excluding hydrogens is 272 g/mol. The van der Waals surface area contributed by atoms with Crippen molar-refractivity contribution in [2.45, 2.75) is 38.8 Å². The van der Waals surface area contributed by atoms with E-state index in [1.165, 1.54) is 12.1 Å². The predicted octanol–water partition coefficient (Wildman–Crippen LogP) is 0.892. The van der Waals surface area contributed by atoms with Crippen LogP contribution in [0.15, 0.2) is 24.3 Å². The second-order valence-corrected chi connectivity index (χ2v) is 5.93. The van der Waals surface area contributed by atoms with E-state index in [0.717, 1.165) is 5.56 Å². The number of aliphatic carboxylic acids is 1. The summed E-state index contributed by atoms with van der Waals surface area (Å²) in [7, 11) is 0. The number of carboxylic acids is 1. The van der Waals surface area contributed by atoms with Crippen LogP contribution in [0.5, 0.6) is 5.75 Å². The number of benzene rings is 1. The van der Waals surface area contributed by atoms with Gasteiger partial charge in [-0.3, -0.25) is 4.79 Å². The first-order valence-electron chi connectivity index (χ1n) is 6.72. The Morgan fingerprint density at radius 2 is 1.76 bits per heavy atom. The van der Waals surface area contributed by atoms with E-state index in [1.807, 2.05) is 20.8 Å². The average Bonchev–Trinajstić information content (AvgIpc) is 2.37. The second kappa shape index (κ2) is 7.08. The van der Waals surface area contributed by atoms with Crippen LogP contribution in [0.1, 0.15) is 26.3 Å². The van der Waals surface area contributed by atoms with Crippen LogP contribution < -0.4 is 10.6 Å². The minimum Gasteiger partial charge on any atom is -0.508 e. The van der Waals surface area contributed by atoms with Crippen molar-refractivity contribution >= 4 is 11.9 Å². The molecule has 1 aromatic carbocycles. The number of hydrogen-bond donors (Lipinski definition) is 4. The monoisotopic (exact) mass is 294 g/mol. The number of phenolic OH excluding ortho intramolecular Hbond substituents is 1. The molecule has 0 fully saturated rings. The Kier molecular flexibility index (Phi) is 5.72. The molecule has 6 heteroatoms. The number of carbonyl (C=O) groups is 2. The first-order valence-corrected chi connectivity index (χ1v) is 6.72. The standard InChI is InChI=1S/C15H22N2O4/c1-15(2,3)16-9-13(19)17-12(14(20)21)8-10-4-6-11(18)7-5-10/h4-7,12,16,18H,8-9H2,1-3H3,(H,17,19)(H,20,21)/t12-/m1/s1. The molecule has 1 aromatic rings. The van der Waals surface area contributed by atoms with E-state index < -0.39 is 12.0 Å². The molecule has 6 nitrogen and oxygen atoms in total. The van der Waals surface area contributed by atoms with E-state index in [4.69, 9.17) is 0 Å². The van der Waals surface area contributed by atoms with Crippen molar-refractivity contribution in [3.63, 3.8) is 0 Å². The Bertz CT molecular complexity index is 491. The van der Waals surface area contributed by atoms with Crippen LogP contribution in [0.25, 0.3) is 0 Å². The lowest BCUT2D eigenvalue weighted by Gasteiger charge is -2.21. The summed E-state index contributed by atoms with van der Waals surface area (Å²) >= 11 is 0. The second-order valence-electron chi connectivity index (χ2n) is 5.93. The van der Waals surface area contributed by atoms with Gasteiger partial charge in [-0.1, -0.05) is 12.1 Å². The lowest BCUT2D eigenvalue weighted by molar-refractivity contribution is -0.141. The molecule has 0 saturated heterocycles. The van der Waals surface area contributed by atoms with E-state index in [2.05, 4.69) is 10.6 Å². The van der Waals surface area contributed by atoms with E-state index in [0.29, 0.717) is 0 Å². The van der Waals surface area contributed by atoms with Gasteiger partial charge in [-0.25, -0.2) is 4.79 Å². The van der Waals surface area contributed by atoms with Crippen LogP contribution >= 0.6 is 0 Å². The van der Waals surface area contributed by atoms with Crippen molar-refractivity contribution in [3.05, 3.63) is 29.8 Å². The number of aromatic hydroxyl groups is 1. The quantitative estimate of drug-likeness (QED) is 0.624. The van der Waals surface area contributed by atoms with Crippen LogP contribution in [-0.2, 0) is 16.0 Å². The van der Waals surface area contributed by atoms with Crippen LogP contribution in [0, 0.1) is 0 Å². The normalized spacial score (nSPS) is 12.7. The third-order valence-corrected chi connectivity index (χ3v) is 2.79. The zero-order valence-corrected chi connectivity index (χ0v) is 12.5. The number of hydrogen-bond acceptors (Lipinski definition) is 4. The fraction of sp³-hybridized carbons (Fsp3) is 0.467. The molecule has 0 aliphatic heterocycles. The van der Waals surface area contributed by atoms with Crippen LogP contribution in [0.3, 0.4) is 0 Å². The Labute approximate surface area is 124 Å². The Morgan fingerprint density at radius 3 is 2.24 bits per heavy atom. The minimum atomic E-state index is -1.09. The highest BCUT2D eigenvalue weighted by Gasteiger charge is 2.21. The van der Waals surface area contributed by atoms with Crippen molar-refractivity contribution < 1.29 is 19.8 Å². The number of carboxylic acid groups (broad SMARTS) is 1. The van der Waals surface area contributed by atoms with Gasteiger partial charge in [-0.05, 0) is 38.5 Å². The van der Waals surface area contributed by atoms with Crippen molar-refractivity contribution in [2.75, 3.05) is 6.54 Å². The summed E-state index contributed by atoms with van der Waals surface area (Å²) in [6.07, 6.45) is 0.164. The van der Waals surface area contributed by atoms with Gasteiger partial charge in [0.2, 0.25) is 5.91 Å². The van der Waals surface area contributed by atoms with Gasteiger partial charge >= 0.3 is 5.97 Å². The zero-order chi connectivity index (χ0) is 16.0.